The molecular formula is C15H12BClN2O2. The highest BCUT2D eigenvalue weighted by atomic mass is 35.5. The Morgan fingerprint density at radius 1 is 1.43 bits per heavy atom. The summed E-state index contributed by atoms with van der Waals surface area (Å²) in [6, 6.07) is 7.41. The summed E-state index contributed by atoms with van der Waals surface area (Å²) in [5.74, 6) is 1.07. The Labute approximate surface area is 128 Å². The van der Waals surface area contributed by atoms with Crippen LogP contribution >= 0.6 is 11.6 Å². The number of benzene rings is 1. The standard InChI is InChI=1S/C15H12BClN2O2/c1-9-15(18-3)13(17)7-14(19-9)21-11-4-5-12-10(6-11)8-20-16(12)2/h4-7H,8H2,1-2H3. The van der Waals surface area contributed by atoms with Gasteiger partial charge >= 0.3 is 6.92 Å². The Hall–Kier alpha value is -2.03. The summed E-state index contributed by atoms with van der Waals surface area (Å²) in [5, 5.41) is 0.352. The van der Waals surface area contributed by atoms with E-state index in [9.17, 15) is 0 Å². The maximum atomic E-state index is 7.07. The van der Waals surface area contributed by atoms with Crippen LogP contribution in [0.4, 0.5) is 5.69 Å². The minimum absolute atomic E-state index is 0.127. The Morgan fingerprint density at radius 2 is 2.24 bits per heavy atom. The average Bonchev–Trinajstić information content (AvgIpc) is 2.80. The number of ether oxygens (including phenoxy) is 1. The Kier molecular flexibility index (Phi) is 3.58. The fourth-order valence-corrected chi connectivity index (χ4v) is 2.65. The number of pyridine rings is 1. The normalized spacial score (nSPS) is 13.0. The molecule has 6 heteroatoms. The number of halogens is 1. The zero-order valence-corrected chi connectivity index (χ0v) is 12.4. The van der Waals surface area contributed by atoms with Gasteiger partial charge in [-0.2, -0.15) is 0 Å². The van der Waals surface area contributed by atoms with Crippen LogP contribution in [0.3, 0.4) is 0 Å². The van der Waals surface area contributed by atoms with E-state index in [0.717, 1.165) is 5.56 Å². The molecule has 0 N–H and O–H groups in total. The number of fused-ring (bicyclic) bond motifs is 1. The minimum atomic E-state index is 0.127. The number of aromatic nitrogens is 1. The molecule has 1 aliphatic heterocycles. The molecule has 0 spiro atoms. The average molecular weight is 299 g/mol. The van der Waals surface area contributed by atoms with E-state index in [1.165, 1.54) is 5.46 Å². The van der Waals surface area contributed by atoms with Crippen molar-refractivity contribution < 1.29 is 9.39 Å². The molecule has 0 bridgehead atoms. The van der Waals surface area contributed by atoms with Gasteiger partial charge in [-0.15, -0.1) is 0 Å². The topological polar surface area (TPSA) is 35.7 Å². The van der Waals surface area contributed by atoms with Gasteiger partial charge in [0.15, 0.2) is 0 Å². The van der Waals surface area contributed by atoms with Crippen LogP contribution in [0.25, 0.3) is 4.85 Å². The van der Waals surface area contributed by atoms with Gasteiger partial charge in [0, 0.05) is 11.8 Å². The predicted octanol–water partition coefficient (Wildman–Crippen LogP) is 3.75. The fraction of sp³-hybridized carbons (Fsp3) is 0.200. The van der Waals surface area contributed by atoms with Gasteiger partial charge in [-0.1, -0.05) is 24.5 Å². The van der Waals surface area contributed by atoms with Crippen LogP contribution in [-0.2, 0) is 11.3 Å². The highest BCUT2D eigenvalue weighted by molar-refractivity contribution is 6.67. The number of aryl methyl sites for hydroxylation is 1. The summed E-state index contributed by atoms with van der Waals surface area (Å²) in [6.45, 7) is 11.6. The monoisotopic (exact) mass is 298 g/mol. The summed E-state index contributed by atoms with van der Waals surface area (Å²) < 4.78 is 11.3. The fourth-order valence-electron chi connectivity index (χ4n) is 2.38. The maximum absolute atomic E-state index is 7.07. The van der Waals surface area contributed by atoms with Gasteiger partial charge in [0.25, 0.3) is 0 Å². The molecule has 1 aromatic carbocycles. The number of hydrogen-bond donors (Lipinski definition) is 0. The lowest BCUT2D eigenvalue weighted by atomic mass is 9.64. The second-order valence-electron chi connectivity index (χ2n) is 4.90. The lowest BCUT2D eigenvalue weighted by Gasteiger charge is -2.09. The van der Waals surface area contributed by atoms with Crippen LogP contribution < -0.4 is 10.2 Å². The molecule has 3 rings (SSSR count). The van der Waals surface area contributed by atoms with Crippen molar-refractivity contribution in [3.05, 3.63) is 52.0 Å². The molecule has 21 heavy (non-hydrogen) atoms. The van der Waals surface area contributed by atoms with Gasteiger partial charge in [-0.25, -0.2) is 9.83 Å². The summed E-state index contributed by atoms with van der Waals surface area (Å²) >= 11 is 6.06. The summed E-state index contributed by atoms with van der Waals surface area (Å²) in [5.41, 5.74) is 3.24. The van der Waals surface area contributed by atoms with Crippen molar-refractivity contribution in [2.24, 2.45) is 0 Å². The second-order valence-corrected chi connectivity index (χ2v) is 5.31. The first-order chi connectivity index (χ1) is 10.1. The van der Waals surface area contributed by atoms with Crippen LogP contribution in [0.1, 0.15) is 11.3 Å². The molecule has 0 unspecified atom stereocenters. The lowest BCUT2D eigenvalue weighted by Crippen LogP contribution is -2.23. The van der Waals surface area contributed by atoms with E-state index >= 15 is 0 Å². The van der Waals surface area contributed by atoms with E-state index in [4.69, 9.17) is 27.6 Å². The van der Waals surface area contributed by atoms with Crippen molar-refractivity contribution in [1.82, 2.24) is 4.98 Å². The third kappa shape index (κ3) is 2.60. The smallest absolute Gasteiger partial charge is 0.324 e. The molecule has 0 aliphatic carbocycles. The van der Waals surface area contributed by atoms with Gasteiger partial charge in [-0.05, 0) is 30.1 Å². The van der Waals surface area contributed by atoms with Crippen LogP contribution in [0.5, 0.6) is 11.6 Å². The third-order valence-electron chi connectivity index (χ3n) is 3.47. The molecule has 0 atom stereocenters. The summed E-state index contributed by atoms with van der Waals surface area (Å²) in [6.07, 6.45) is 0. The zero-order chi connectivity index (χ0) is 15.0. The van der Waals surface area contributed by atoms with Crippen molar-refractivity contribution in [2.45, 2.75) is 20.4 Å². The molecule has 2 aromatic rings. The van der Waals surface area contributed by atoms with Gasteiger partial charge in [0.2, 0.25) is 11.6 Å². The van der Waals surface area contributed by atoms with Crippen LogP contribution in [0, 0.1) is 13.5 Å². The predicted molar refractivity (Wildman–Crippen MR) is 82.8 cm³/mol. The summed E-state index contributed by atoms with van der Waals surface area (Å²) in [7, 11) is 0. The van der Waals surface area contributed by atoms with Gasteiger partial charge in [0.1, 0.15) is 5.75 Å². The first-order valence-corrected chi connectivity index (χ1v) is 6.93. The number of hydrogen-bond acceptors (Lipinski definition) is 3. The Morgan fingerprint density at radius 3 is 2.95 bits per heavy atom. The Balaban J connectivity index is 1.90. The highest BCUT2D eigenvalue weighted by Crippen LogP contribution is 2.32. The molecule has 0 saturated carbocycles. The van der Waals surface area contributed by atoms with Gasteiger partial charge in [-0.3, -0.25) is 0 Å². The molecule has 0 saturated heterocycles. The van der Waals surface area contributed by atoms with Crippen molar-refractivity contribution in [1.29, 1.82) is 0 Å². The van der Waals surface area contributed by atoms with E-state index in [-0.39, 0.29) is 6.92 Å². The molecule has 104 valence electrons. The van der Waals surface area contributed by atoms with Crippen molar-refractivity contribution >= 4 is 29.7 Å². The van der Waals surface area contributed by atoms with Crippen molar-refractivity contribution in [3.63, 3.8) is 0 Å². The Bertz CT molecular complexity index is 735. The lowest BCUT2D eigenvalue weighted by molar-refractivity contribution is 0.333. The van der Waals surface area contributed by atoms with Gasteiger partial charge in [0.05, 0.1) is 18.2 Å². The molecule has 0 radical (unpaired) electrons. The van der Waals surface area contributed by atoms with Crippen LogP contribution in [0.2, 0.25) is 11.8 Å². The van der Waals surface area contributed by atoms with Crippen LogP contribution in [0.15, 0.2) is 24.3 Å². The van der Waals surface area contributed by atoms with E-state index in [1.54, 1.807) is 13.0 Å². The quantitative estimate of drug-likeness (QED) is 0.626. The van der Waals surface area contributed by atoms with E-state index < -0.39 is 0 Å². The second kappa shape index (κ2) is 5.40. The molecule has 1 aromatic heterocycles. The van der Waals surface area contributed by atoms with Crippen LogP contribution in [-0.4, -0.2) is 11.9 Å². The SMILES string of the molecule is [C-]#[N+]c1c(Cl)cc(Oc2ccc3c(c2)COB3C)nc1C. The number of nitrogens with zero attached hydrogens (tertiary/aromatic N) is 2. The zero-order valence-electron chi connectivity index (χ0n) is 11.7. The third-order valence-corrected chi connectivity index (χ3v) is 3.76. The van der Waals surface area contributed by atoms with Gasteiger partial charge < -0.3 is 9.39 Å². The maximum Gasteiger partial charge on any atom is 0.324 e. The first-order valence-electron chi connectivity index (χ1n) is 6.55. The highest BCUT2D eigenvalue weighted by Gasteiger charge is 2.23. The molecule has 1 aliphatic rings. The molecule has 0 amide bonds. The molecular weight excluding hydrogens is 286 g/mol. The first kappa shape index (κ1) is 13.9. The molecule has 2 heterocycles. The van der Waals surface area contributed by atoms with Crippen molar-refractivity contribution in [3.8, 4) is 11.6 Å². The van der Waals surface area contributed by atoms with E-state index in [0.29, 0.717) is 34.6 Å². The largest absolute Gasteiger partial charge is 0.439 e. The number of rotatable bonds is 2. The summed E-state index contributed by atoms with van der Waals surface area (Å²) in [4.78, 5) is 7.61. The minimum Gasteiger partial charge on any atom is -0.439 e. The van der Waals surface area contributed by atoms with E-state index in [2.05, 4.69) is 9.83 Å². The molecule has 0 fully saturated rings. The van der Waals surface area contributed by atoms with E-state index in [1.807, 2.05) is 25.0 Å². The van der Waals surface area contributed by atoms with Crippen molar-refractivity contribution in [2.75, 3.05) is 0 Å². The molecule has 4 nitrogen and oxygen atoms in total.